The van der Waals surface area contributed by atoms with E-state index in [1.54, 1.807) is 15.6 Å². The van der Waals surface area contributed by atoms with E-state index in [4.69, 9.17) is 14.6 Å². The molecule has 0 unspecified atom stereocenters. The molecule has 0 fully saturated rings. The van der Waals surface area contributed by atoms with E-state index in [-0.39, 0.29) is 23.4 Å². The molecule has 1 atom stereocenters. The fourth-order valence-corrected chi connectivity index (χ4v) is 2.62. The highest BCUT2D eigenvalue weighted by Crippen LogP contribution is 2.23. The first-order valence-electron chi connectivity index (χ1n) is 7.67. The van der Waals surface area contributed by atoms with E-state index in [9.17, 15) is 9.90 Å². The average Bonchev–Trinajstić information content (AvgIpc) is 3.09. The molecule has 0 saturated carbocycles. The number of hydrogen-bond donors (Lipinski definition) is 2. The maximum absolute atomic E-state index is 12.7. The second-order valence-electron chi connectivity index (χ2n) is 5.48. The SMILES string of the molecule is COc1ncc(C(=O)N2CCn3nc([C@@H](O)CO)cc3C2)nc1OC. The number of carbonyl (C=O) groups is 1. The zero-order valence-electron chi connectivity index (χ0n) is 13.9. The molecule has 3 rings (SSSR count). The number of methoxy groups -OCH3 is 2. The van der Waals surface area contributed by atoms with Crippen LogP contribution < -0.4 is 9.47 Å². The third-order valence-corrected chi connectivity index (χ3v) is 3.93. The number of carbonyl (C=O) groups excluding carboxylic acids is 1. The number of fused-ring (bicyclic) bond motifs is 1. The number of hydrogen-bond acceptors (Lipinski definition) is 8. The predicted molar refractivity (Wildman–Crippen MR) is 84.1 cm³/mol. The van der Waals surface area contributed by atoms with Gasteiger partial charge in [0, 0.05) is 6.54 Å². The highest BCUT2D eigenvalue weighted by atomic mass is 16.5. The minimum Gasteiger partial charge on any atom is -0.477 e. The molecule has 2 aromatic rings. The van der Waals surface area contributed by atoms with Gasteiger partial charge in [-0.1, -0.05) is 0 Å². The van der Waals surface area contributed by atoms with Crippen LogP contribution in [0.1, 0.15) is 28.0 Å². The summed E-state index contributed by atoms with van der Waals surface area (Å²) in [5, 5.41) is 23.0. The van der Waals surface area contributed by atoms with E-state index in [0.29, 0.717) is 25.3 Å². The first-order valence-corrected chi connectivity index (χ1v) is 7.67. The molecule has 0 spiro atoms. The van der Waals surface area contributed by atoms with Crippen molar-refractivity contribution in [1.82, 2.24) is 24.6 Å². The Hall–Kier alpha value is -2.72. The molecule has 0 saturated heterocycles. The molecule has 3 heterocycles. The Morgan fingerprint density at radius 3 is 2.76 bits per heavy atom. The highest BCUT2D eigenvalue weighted by Gasteiger charge is 2.26. The molecule has 2 aromatic heterocycles. The van der Waals surface area contributed by atoms with Crippen molar-refractivity contribution in [2.75, 3.05) is 27.4 Å². The first-order chi connectivity index (χ1) is 12.1. The minimum atomic E-state index is -1.03. The van der Waals surface area contributed by atoms with Crippen molar-refractivity contribution in [3.8, 4) is 11.8 Å². The van der Waals surface area contributed by atoms with Gasteiger partial charge in [-0.15, -0.1) is 0 Å². The van der Waals surface area contributed by atoms with Crippen LogP contribution in [-0.4, -0.2) is 68.1 Å². The molecular weight excluding hydrogens is 330 g/mol. The van der Waals surface area contributed by atoms with Gasteiger partial charge in [0.2, 0.25) is 0 Å². The van der Waals surface area contributed by atoms with Crippen molar-refractivity contribution in [3.05, 3.63) is 29.3 Å². The zero-order chi connectivity index (χ0) is 18.0. The standard InChI is InChI=1S/C15H19N5O5/c1-24-13-14(25-2)17-11(6-16-13)15(23)19-3-4-20-9(7-19)5-10(18-20)12(22)8-21/h5-6,12,21-22H,3-4,7-8H2,1-2H3/t12-/m0/s1. The first kappa shape index (κ1) is 17.1. The Morgan fingerprint density at radius 1 is 1.32 bits per heavy atom. The molecule has 0 radical (unpaired) electrons. The smallest absolute Gasteiger partial charge is 0.278 e. The summed E-state index contributed by atoms with van der Waals surface area (Å²) in [6.07, 6.45) is 0.315. The van der Waals surface area contributed by atoms with Gasteiger partial charge in [0.1, 0.15) is 6.10 Å². The van der Waals surface area contributed by atoms with Crippen LogP contribution in [0.3, 0.4) is 0 Å². The van der Waals surface area contributed by atoms with Crippen LogP contribution in [0.2, 0.25) is 0 Å². The molecule has 10 nitrogen and oxygen atoms in total. The number of ether oxygens (including phenoxy) is 2. The maximum Gasteiger partial charge on any atom is 0.278 e. The van der Waals surface area contributed by atoms with E-state index in [0.717, 1.165) is 5.69 Å². The predicted octanol–water partition coefficient (Wildman–Crippen LogP) is -0.628. The molecule has 0 aliphatic carbocycles. The summed E-state index contributed by atoms with van der Waals surface area (Å²) in [5.41, 5.74) is 1.31. The number of aromatic nitrogens is 4. The zero-order valence-corrected chi connectivity index (χ0v) is 13.9. The molecular formula is C15H19N5O5. The number of nitrogens with zero attached hydrogens (tertiary/aromatic N) is 5. The largest absolute Gasteiger partial charge is 0.477 e. The fourth-order valence-electron chi connectivity index (χ4n) is 2.62. The summed E-state index contributed by atoms with van der Waals surface area (Å²) in [5.74, 6) is 0.0623. The fraction of sp³-hybridized carbons (Fsp3) is 0.467. The van der Waals surface area contributed by atoms with Gasteiger partial charge in [-0.05, 0) is 6.07 Å². The van der Waals surface area contributed by atoms with Gasteiger partial charge < -0.3 is 24.6 Å². The Kier molecular flexibility index (Phi) is 4.81. The van der Waals surface area contributed by atoms with Gasteiger partial charge in [-0.3, -0.25) is 9.48 Å². The summed E-state index contributed by atoms with van der Waals surface area (Å²) in [4.78, 5) is 22.5. The van der Waals surface area contributed by atoms with Crippen molar-refractivity contribution in [3.63, 3.8) is 0 Å². The van der Waals surface area contributed by atoms with E-state index in [2.05, 4.69) is 15.1 Å². The van der Waals surface area contributed by atoms with E-state index >= 15 is 0 Å². The van der Waals surface area contributed by atoms with Gasteiger partial charge in [0.15, 0.2) is 5.69 Å². The van der Waals surface area contributed by atoms with E-state index in [1.807, 2.05) is 0 Å². The lowest BCUT2D eigenvalue weighted by atomic mass is 10.2. The highest BCUT2D eigenvalue weighted by molar-refractivity contribution is 5.92. The van der Waals surface area contributed by atoms with Gasteiger partial charge in [-0.25, -0.2) is 9.97 Å². The minimum absolute atomic E-state index is 0.142. The van der Waals surface area contributed by atoms with Gasteiger partial charge in [0.25, 0.3) is 17.7 Å². The quantitative estimate of drug-likeness (QED) is 0.732. The van der Waals surface area contributed by atoms with E-state index < -0.39 is 12.7 Å². The van der Waals surface area contributed by atoms with Crippen LogP contribution in [0, 0.1) is 0 Å². The third kappa shape index (κ3) is 3.26. The Bertz CT molecular complexity index is 778. The number of rotatable bonds is 5. The number of aliphatic hydroxyl groups excluding tert-OH is 2. The molecule has 2 N–H and O–H groups in total. The molecule has 1 aliphatic heterocycles. The lowest BCUT2D eigenvalue weighted by molar-refractivity contribution is 0.0697. The monoisotopic (exact) mass is 349 g/mol. The molecule has 0 aromatic carbocycles. The van der Waals surface area contributed by atoms with Crippen LogP contribution in [-0.2, 0) is 13.1 Å². The van der Waals surface area contributed by atoms with Crippen molar-refractivity contribution in [1.29, 1.82) is 0 Å². The van der Waals surface area contributed by atoms with Crippen LogP contribution in [0.4, 0.5) is 0 Å². The Morgan fingerprint density at radius 2 is 2.08 bits per heavy atom. The molecule has 0 bridgehead atoms. The summed E-state index contributed by atoms with van der Waals surface area (Å²) < 4.78 is 11.8. The van der Waals surface area contributed by atoms with E-state index in [1.165, 1.54) is 20.4 Å². The lowest BCUT2D eigenvalue weighted by Gasteiger charge is -2.27. The second kappa shape index (κ2) is 7.03. The normalized spacial score (nSPS) is 14.8. The molecule has 25 heavy (non-hydrogen) atoms. The average molecular weight is 349 g/mol. The summed E-state index contributed by atoms with van der Waals surface area (Å²) in [6.45, 7) is 0.846. The second-order valence-corrected chi connectivity index (χ2v) is 5.48. The third-order valence-electron chi connectivity index (χ3n) is 3.93. The van der Waals surface area contributed by atoms with Crippen LogP contribution in [0.25, 0.3) is 0 Å². The van der Waals surface area contributed by atoms with Crippen LogP contribution >= 0.6 is 0 Å². The van der Waals surface area contributed by atoms with Gasteiger partial charge in [0.05, 0.1) is 51.5 Å². The van der Waals surface area contributed by atoms with Crippen LogP contribution in [0.5, 0.6) is 11.8 Å². The lowest BCUT2D eigenvalue weighted by Crippen LogP contribution is -2.38. The summed E-state index contributed by atoms with van der Waals surface area (Å²) in [6, 6.07) is 1.68. The molecule has 1 aliphatic rings. The van der Waals surface area contributed by atoms with Crippen molar-refractivity contribution in [2.24, 2.45) is 0 Å². The number of aliphatic hydroxyl groups is 2. The van der Waals surface area contributed by atoms with Crippen molar-refractivity contribution in [2.45, 2.75) is 19.2 Å². The molecule has 1 amide bonds. The Labute approximate surface area is 143 Å². The Balaban J connectivity index is 1.79. The van der Waals surface area contributed by atoms with Crippen molar-refractivity contribution < 1.29 is 24.5 Å². The van der Waals surface area contributed by atoms with Crippen LogP contribution in [0.15, 0.2) is 12.3 Å². The summed E-state index contributed by atoms with van der Waals surface area (Å²) >= 11 is 0. The topological polar surface area (TPSA) is 123 Å². The summed E-state index contributed by atoms with van der Waals surface area (Å²) in [7, 11) is 2.87. The number of amides is 1. The van der Waals surface area contributed by atoms with Gasteiger partial charge in [-0.2, -0.15) is 5.10 Å². The molecule has 134 valence electrons. The molecule has 10 heteroatoms. The van der Waals surface area contributed by atoms with Crippen molar-refractivity contribution >= 4 is 5.91 Å². The maximum atomic E-state index is 12.7. The van der Waals surface area contributed by atoms with Gasteiger partial charge >= 0.3 is 0 Å².